The van der Waals surface area contributed by atoms with Gasteiger partial charge in [0, 0.05) is 38.0 Å². The summed E-state index contributed by atoms with van der Waals surface area (Å²) in [6.45, 7) is 7.00. The Morgan fingerprint density at radius 3 is 2.27 bits per heavy atom. The summed E-state index contributed by atoms with van der Waals surface area (Å²) in [6, 6.07) is 0. The van der Waals surface area contributed by atoms with E-state index in [1.807, 2.05) is 20.8 Å². The van der Waals surface area contributed by atoms with Crippen LogP contribution in [0, 0.1) is 17.3 Å². The molecule has 0 radical (unpaired) electrons. The van der Waals surface area contributed by atoms with E-state index in [4.69, 9.17) is 4.84 Å². The minimum absolute atomic E-state index is 0.00874. The summed E-state index contributed by atoms with van der Waals surface area (Å²) in [7, 11) is 0. The van der Waals surface area contributed by atoms with E-state index in [1.54, 1.807) is 4.90 Å². The zero-order chi connectivity index (χ0) is 19.3. The van der Waals surface area contributed by atoms with Gasteiger partial charge in [0.15, 0.2) is 0 Å². The van der Waals surface area contributed by atoms with Crippen LogP contribution in [0.4, 0.5) is 13.2 Å². The first-order valence-electron chi connectivity index (χ1n) is 8.85. The number of carbonyl (C=O) groups excluding carboxylic acids is 2. The van der Waals surface area contributed by atoms with Crippen LogP contribution in [-0.2, 0) is 14.4 Å². The number of piperidine rings is 1. The van der Waals surface area contributed by atoms with Crippen LogP contribution in [-0.4, -0.2) is 65.8 Å². The molecule has 2 saturated heterocycles. The summed E-state index contributed by atoms with van der Waals surface area (Å²) in [5.74, 6) is -2.11. The molecule has 3 atom stereocenters. The van der Waals surface area contributed by atoms with Crippen LogP contribution >= 0.6 is 0 Å². The monoisotopic (exact) mass is 375 g/mol. The van der Waals surface area contributed by atoms with Gasteiger partial charge in [0.1, 0.15) is 11.8 Å². The molecule has 3 heterocycles. The average Bonchev–Trinajstić information content (AvgIpc) is 3.18. The summed E-state index contributed by atoms with van der Waals surface area (Å²) >= 11 is 0. The first-order chi connectivity index (χ1) is 12.0. The van der Waals surface area contributed by atoms with E-state index in [0.29, 0.717) is 31.6 Å². The fourth-order valence-corrected chi connectivity index (χ4v) is 3.85. The van der Waals surface area contributed by atoms with Crippen LogP contribution in [0.3, 0.4) is 0 Å². The summed E-state index contributed by atoms with van der Waals surface area (Å²) < 4.78 is 37.9. The molecule has 146 valence electrons. The zero-order valence-corrected chi connectivity index (χ0v) is 15.2. The third-order valence-corrected chi connectivity index (χ3v) is 5.50. The van der Waals surface area contributed by atoms with E-state index in [9.17, 15) is 22.8 Å². The smallest absolute Gasteiger partial charge is 0.391 e. The van der Waals surface area contributed by atoms with E-state index >= 15 is 0 Å². The first kappa shape index (κ1) is 19.0. The van der Waals surface area contributed by atoms with Crippen LogP contribution in [0.2, 0.25) is 0 Å². The maximum atomic E-state index is 12.7. The van der Waals surface area contributed by atoms with Gasteiger partial charge < -0.3 is 14.6 Å². The molecule has 0 bridgehead atoms. The predicted octanol–water partition coefficient (Wildman–Crippen LogP) is 2.05. The van der Waals surface area contributed by atoms with Crippen LogP contribution < -0.4 is 0 Å². The summed E-state index contributed by atoms with van der Waals surface area (Å²) in [5.41, 5.74) is 0.229. The number of hydrogen-bond acceptors (Lipinski definition) is 4. The molecule has 6 nitrogen and oxygen atoms in total. The molecule has 0 N–H and O–H groups in total. The predicted molar refractivity (Wildman–Crippen MR) is 87.2 cm³/mol. The summed E-state index contributed by atoms with van der Waals surface area (Å²) in [6.07, 6.45) is -3.98. The van der Waals surface area contributed by atoms with Gasteiger partial charge in [0.05, 0.1) is 0 Å². The minimum Gasteiger partial charge on any atom is -0.391 e. The Morgan fingerprint density at radius 1 is 1.08 bits per heavy atom. The second-order valence-corrected chi connectivity index (χ2v) is 8.47. The maximum absolute atomic E-state index is 12.7. The number of halogens is 3. The third kappa shape index (κ3) is 3.66. The average molecular weight is 375 g/mol. The van der Waals surface area contributed by atoms with Crippen molar-refractivity contribution in [3.05, 3.63) is 0 Å². The Hall–Kier alpha value is -1.80. The van der Waals surface area contributed by atoms with E-state index in [0.717, 1.165) is 4.90 Å². The molecule has 2 fully saturated rings. The molecule has 0 aliphatic carbocycles. The number of carbonyl (C=O) groups is 2. The summed E-state index contributed by atoms with van der Waals surface area (Å²) in [4.78, 5) is 32.0. The van der Waals surface area contributed by atoms with Crippen molar-refractivity contribution >= 4 is 17.5 Å². The molecule has 26 heavy (non-hydrogen) atoms. The number of rotatable bonds is 1. The molecule has 2 amide bonds. The molecule has 3 rings (SSSR count). The number of hydrogen-bond donors (Lipinski definition) is 0. The first-order valence-corrected chi connectivity index (χ1v) is 8.85. The molecule has 0 aromatic rings. The van der Waals surface area contributed by atoms with Crippen molar-refractivity contribution < 1.29 is 27.6 Å². The van der Waals surface area contributed by atoms with Crippen molar-refractivity contribution in [3.63, 3.8) is 0 Å². The van der Waals surface area contributed by atoms with E-state index in [1.165, 1.54) is 0 Å². The molecule has 3 unspecified atom stereocenters. The lowest BCUT2D eigenvalue weighted by Gasteiger charge is -2.34. The molecular formula is C17H24F3N3O3. The van der Waals surface area contributed by atoms with Crippen LogP contribution in [0.5, 0.6) is 0 Å². The lowest BCUT2D eigenvalue weighted by Crippen LogP contribution is -2.46. The highest BCUT2D eigenvalue weighted by molar-refractivity contribution is 6.39. The van der Waals surface area contributed by atoms with Gasteiger partial charge in [-0.2, -0.15) is 13.2 Å². The van der Waals surface area contributed by atoms with Crippen molar-refractivity contribution in [2.45, 2.75) is 45.9 Å². The SMILES string of the molecule is CC(C)(C)C1CC(C(=O)N2CCC3CN(C(=O)C(F)(F)F)CC3C2)=NO1. The number of likely N-dealkylation sites (tertiary alicyclic amines) is 2. The fourth-order valence-electron chi connectivity index (χ4n) is 3.85. The molecule has 0 saturated carbocycles. The largest absolute Gasteiger partial charge is 0.471 e. The zero-order valence-electron chi connectivity index (χ0n) is 15.2. The van der Waals surface area contributed by atoms with E-state index in [-0.39, 0.29) is 42.4 Å². The van der Waals surface area contributed by atoms with Gasteiger partial charge >= 0.3 is 12.1 Å². The quantitative estimate of drug-likeness (QED) is 0.705. The van der Waals surface area contributed by atoms with Crippen molar-refractivity contribution in [1.82, 2.24) is 9.80 Å². The molecular weight excluding hydrogens is 351 g/mol. The Kier molecular flexibility index (Phi) is 4.69. The van der Waals surface area contributed by atoms with Gasteiger partial charge in [0.2, 0.25) is 0 Å². The van der Waals surface area contributed by atoms with Crippen LogP contribution in [0.1, 0.15) is 33.6 Å². The van der Waals surface area contributed by atoms with Crippen molar-refractivity contribution in [3.8, 4) is 0 Å². The number of oxime groups is 1. The molecule has 0 spiro atoms. The van der Waals surface area contributed by atoms with Gasteiger partial charge in [-0.25, -0.2) is 0 Å². The van der Waals surface area contributed by atoms with Crippen LogP contribution in [0.25, 0.3) is 0 Å². The highest BCUT2D eigenvalue weighted by atomic mass is 19.4. The van der Waals surface area contributed by atoms with Gasteiger partial charge in [-0.05, 0) is 18.3 Å². The van der Waals surface area contributed by atoms with Gasteiger partial charge in [0.25, 0.3) is 5.91 Å². The van der Waals surface area contributed by atoms with Crippen molar-refractivity contribution in [1.29, 1.82) is 0 Å². The molecule has 0 aromatic carbocycles. The maximum Gasteiger partial charge on any atom is 0.471 e. The van der Waals surface area contributed by atoms with E-state index < -0.39 is 12.1 Å². The topological polar surface area (TPSA) is 62.2 Å². The Bertz CT molecular complexity index is 627. The van der Waals surface area contributed by atoms with Gasteiger partial charge in [-0.3, -0.25) is 9.59 Å². The van der Waals surface area contributed by atoms with Crippen molar-refractivity contribution in [2.24, 2.45) is 22.4 Å². The Labute approximate surface area is 150 Å². The lowest BCUT2D eigenvalue weighted by molar-refractivity contribution is -0.184. The molecule has 0 aromatic heterocycles. The number of alkyl halides is 3. The van der Waals surface area contributed by atoms with Gasteiger partial charge in [-0.15, -0.1) is 0 Å². The number of fused-ring (bicyclic) bond motifs is 1. The fraction of sp³-hybridized carbons (Fsp3) is 0.824. The normalized spacial score (nSPS) is 29.3. The standard InChI is InChI=1S/C17H24F3N3O3/c1-16(2,3)13-6-12(21-26-13)14(24)22-5-4-10-7-23(9-11(10)8-22)15(25)17(18,19)20/h10-11,13H,4-9H2,1-3H3. The Morgan fingerprint density at radius 2 is 1.69 bits per heavy atom. The second-order valence-electron chi connectivity index (χ2n) is 8.47. The van der Waals surface area contributed by atoms with E-state index in [2.05, 4.69) is 5.16 Å². The highest BCUT2D eigenvalue weighted by Gasteiger charge is 2.48. The molecule has 3 aliphatic heterocycles. The highest BCUT2D eigenvalue weighted by Crippen LogP contribution is 2.34. The number of nitrogens with zero attached hydrogens (tertiary/aromatic N) is 3. The Balaban J connectivity index is 1.59. The minimum atomic E-state index is -4.85. The molecule has 9 heteroatoms. The summed E-state index contributed by atoms with van der Waals surface area (Å²) in [5, 5.41) is 3.93. The second kappa shape index (κ2) is 6.42. The third-order valence-electron chi connectivity index (χ3n) is 5.50. The van der Waals surface area contributed by atoms with Crippen molar-refractivity contribution in [2.75, 3.05) is 26.2 Å². The van der Waals surface area contributed by atoms with Gasteiger partial charge in [-0.1, -0.05) is 25.9 Å². The number of amides is 2. The molecule has 3 aliphatic rings. The lowest BCUT2D eigenvalue weighted by atomic mass is 9.85. The van der Waals surface area contributed by atoms with Crippen LogP contribution in [0.15, 0.2) is 5.16 Å².